The van der Waals surface area contributed by atoms with Gasteiger partial charge in [0.15, 0.2) is 0 Å². The second-order valence-electron chi connectivity index (χ2n) is 5.08. The van der Waals surface area contributed by atoms with Gasteiger partial charge in [-0.15, -0.1) is 0 Å². The van der Waals surface area contributed by atoms with Gasteiger partial charge in [-0.1, -0.05) is 28.9 Å². The first-order valence-corrected chi connectivity index (χ1v) is 7.63. The summed E-state index contributed by atoms with van der Waals surface area (Å²) in [6.07, 6.45) is 4.81. The third kappa shape index (κ3) is 2.60. The number of aliphatic hydroxyl groups is 1. The maximum Gasteiger partial charge on any atom is 0.130 e. The third-order valence-corrected chi connectivity index (χ3v) is 4.01. The summed E-state index contributed by atoms with van der Waals surface area (Å²) in [5.41, 5.74) is 1.87. The molecule has 0 amide bonds. The summed E-state index contributed by atoms with van der Waals surface area (Å²) in [4.78, 5) is 0. The van der Waals surface area contributed by atoms with E-state index in [1.165, 1.54) is 0 Å². The number of aromatic nitrogens is 2. The van der Waals surface area contributed by atoms with Gasteiger partial charge in [0.1, 0.15) is 11.9 Å². The molecular formula is C15H17BrN2O2. The number of hydrogen-bond donors (Lipinski definition) is 1. The van der Waals surface area contributed by atoms with Crippen LogP contribution in [0.15, 0.2) is 35.1 Å². The van der Waals surface area contributed by atoms with Crippen molar-refractivity contribution in [3.05, 3.63) is 46.2 Å². The largest absolute Gasteiger partial charge is 0.485 e. The molecule has 1 unspecified atom stereocenters. The zero-order valence-electron chi connectivity index (χ0n) is 11.3. The minimum absolute atomic E-state index is 0.141. The van der Waals surface area contributed by atoms with Crippen LogP contribution in [0.25, 0.3) is 0 Å². The lowest BCUT2D eigenvalue weighted by atomic mass is 9.96. The Balaban J connectivity index is 1.86. The molecule has 0 spiro atoms. The predicted octanol–water partition coefficient (Wildman–Crippen LogP) is 3.61. The maximum absolute atomic E-state index is 10.3. The monoisotopic (exact) mass is 336 g/mol. The smallest absolute Gasteiger partial charge is 0.130 e. The highest BCUT2D eigenvalue weighted by Gasteiger charge is 2.28. The highest BCUT2D eigenvalue weighted by atomic mass is 79.9. The molecule has 1 aliphatic heterocycles. The van der Waals surface area contributed by atoms with E-state index in [9.17, 15) is 5.11 Å². The number of fused-ring (bicyclic) bond motifs is 1. The van der Waals surface area contributed by atoms with Crippen LogP contribution in [-0.4, -0.2) is 14.9 Å². The van der Waals surface area contributed by atoms with E-state index < -0.39 is 6.10 Å². The Kier molecular flexibility index (Phi) is 3.81. The van der Waals surface area contributed by atoms with E-state index in [0.29, 0.717) is 6.42 Å². The lowest BCUT2D eigenvalue weighted by Crippen LogP contribution is -2.18. The van der Waals surface area contributed by atoms with Crippen LogP contribution in [0.2, 0.25) is 0 Å². The fourth-order valence-corrected chi connectivity index (χ4v) is 2.86. The van der Waals surface area contributed by atoms with Crippen molar-refractivity contribution in [2.45, 2.75) is 38.5 Å². The molecule has 1 aromatic carbocycles. The van der Waals surface area contributed by atoms with Gasteiger partial charge in [-0.3, -0.25) is 4.68 Å². The molecule has 1 aromatic heterocycles. The Morgan fingerprint density at radius 3 is 3.15 bits per heavy atom. The van der Waals surface area contributed by atoms with E-state index in [1.807, 2.05) is 35.3 Å². The van der Waals surface area contributed by atoms with Crippen LogP contribution in [0.4, 0.5) is 0 Å². The van der Waals surface area contributed by atoms with Gasteiger partial charge < -0.3 is 9.84 Å². The van der Waals surface area contributed by atoms with Gasteiger partial charge in [0.05, 0.1) is 12.3 Å². The van der Waals surface area contributed by atoms with E-state index in [2.05, 4.69) is 28.0 Å². The molecule has 0 aliphatic carbocycles. The van der Waals surface area contributed by atoms with Crippen molar-refractivity contribution >= 4 is 15.9 Å². The number of ether oxygens (including phenoxy) is 1. The van der Waals surface area contributed by atoms with Crippen LogP contribution in [0.1, 0.15) is 43.1 Å². The van der Waals surface area contributed by atoms with E-state index in [-0.39, 0.29) is 6.10 Å². The van der Waals surface area contributed by atoms with Crippen molar-refractivity contribution in [2.75, 3.05) is 0 Å². The first-order valence-electron chi connectivity index (χ1n) is 6.84. The number of aryl methyl sites for hydroxylation is 1. The standard InChI is InChI=1S/C15H17BrN2O2/c1-2-5-18-9-10(8-17-18)14-7-13(19)12-4-3-11(16)6-15(12)20-14/h3-4,6,8-9,13-14,19H,2,5,7H2,1H3/t13-,14?/m1/s1. The second-order valence-corrected chi connectivity index (χ2v) is 5.99. The average molecular weight is 337 g/mol. The number of rotatable bonds is 3. The summed E-state index contributed by atoms with van der Waals surface area (Å²) in [6, 6.07) is 5.73. The summed E-state index contributed by atoms with van der Waals surface area (Å²) in [5.74, 6) is 0.742. The molecule has 0 radical (unpaired) electrons. The quantitative estimate of drug-likeness (QED) is 0.931. The van der Waals surface area contributed by atoms with Gasteiger partial charge in [-0.05, 0) is 18.6 Å². The van der Waals surface area contributed by atoms with Crippen LogP contribution >= 0.6 is 15.9 Å². The van der Waals surface area contributed by atoms with E-state index in [4.69, 9.17) is 4.74 Å². The highest BCUT2D eigenvalue weighted by molar-refractivity contribution is 9.10. The molecule has 20 heavy (non-hydrogen) atoms. The number of nitrogens with zero attached hydrogens (tertiary/aromatic N) is 2. The molecule has 1 aliphatic rings. The molecule has 2 aromatic rings. The van der Waals surface area contributed by atoms with Gasteiger partial charge in [-0.25, -0.2) is 0 Å². The fourth-order valence-electron chi connectivity index (χ4n) is 2.52. The molecule has 1 N–H and O–H groups in total. The topological polar surface area (TPSA) is 47.3 Å². The fraction of sp³-hybridized carbons (Fsp3) is 0.400. The molecule has 0 bridgehead atoms. The molecule has 0 saturated heterocycles. The lowest BCUT2D eigenvalue weighted by Gasteiger charge is -2.29. The third-order valence-electron chi connectivity index (χ3n) is 3.52. The van der Waals surface area contributed by atoms with Crippen molar-refractivity contribution in [3.8, 4) is 5.75 Å². The maximum atomic E-state index is 10.3. The summed E-state index contributed by atoms with van der Waals surface area (Å²) in [7, 11) is 0. The van der Waals surface area contributed by atoms with Crippen molar-refractivity contribution in [1.82, 2.24) is 9.78 Å². The molecule has 3 rings (SSSR count). The van der Waals surface area contributed by atoms with Gasteiger partial charge in [0.2, 0.25) is 0 Å². The van der Waals surface area contributed by atoms with Crippen LogP contribution < -0.4 is 4.74 Å². The molecule has 0 fully saturated rings. The average Bonchev–Trinajstić information content (AvgIpc) is 2.87. The molecule has 5 heteroatoms. The first-order chi connectivity index (χ1) is 9.67. The van der Waals surface area contributed by atoms with Gasteiger partial charge >= 0.3 is 0 Å². The second kappa shape index (κ2) is 5.58. The summed E-state index contributed by atoms with van der Waals surface area (Å²) in [5, 5.41) is 14.6. The van der Waals surface area contributed by atoms with Crippen LogP contribution in [0.5, 0.6) is 5.75 Å². The molecule has 4 nitrogen and oxygen atoms in total. The molecule has 106 valence electrons. The van der Waals surface area contributed by atoms with Crippen LogP contribution in [0.3, 0.4) is 0 Å². The Bertz CT molecular complexity index is 612. The number of hydrogen-bond acceptors (Lipinski definition) is 3. The predicted molar refractivity (Wildman–Crippen MR) is 79.6 cm³/mol. The van der Waals surface area contributed by atoms with Crippen molar-refractivity contribution in [1.29, 1.82) is 0 Å². The van der Waals surface area contributed by atoms with Crippen molar-refractivity contribution < 1.29 is 9.84 Å². The summed E-state index contributed by atoms with van der Waals surface area (Å²) >= 11 is 3.43. The van der Waals surface area contributed by atoms with Crippen LogP contribution in [0, 0.1) is 0 Å². The minimum atomic E-state index is -0.494. The van der Waals surface area contributed by atoms with E-state index in [1.54, 1.807) is 0 Å². The number of halogens is 1. The number of aliphatic hydroxyl groups excluding tert-OH is 1. The molecule has 0 saturated carbocycles. The lowest BCUT2D eigenvalue weighted by molar-refractivity contribution is 0.0656. The zero-order chi connectivity index (χ0) is 14.1. The number of benzene rings is 1. The Morgan fingerprint density at radius 1 is 1.50 bits per heavy atom. The summed E-state index contributed by atoms with van der Waals surface area (Å²) < 4.78 is 8.89. The molecule has 2 heterocycles. The molecule has 2 atom stereocenters. The summed E-state index contributed by atoms with van der Waals surface area (Å²) in [6.45, 7) is 3.02. The minimum Gasteiger partial charge on any atom is -0.485 e. The van der Waals surface area contributed by atoms with Crippen molar-refractivity contribution in [3.63, 3.8) is 0 Å². The highest BCUT2D eigenvalue weighted by Crippen LogP contribution is 2.41. The van der Waals surface area contributed by atoms with E-state index >= 15 is 0 Å². The first kappa shape index (κ1) is 13.6. The molecular weight excluding hydrogens is 320 g/mol. The van der Waals surface area contributed by atoms with E-state index in [0.717, 1.165) is 34.3 Å². The van der Waals surface area contributed by atoms with Gasteiger partial charge in [0.25, 0.3) is 0 Å². The normalized spacial score (nSPS) is 21.4. The SMILES string of the molecule is CCCn1cc(C2C[C@@H](O)c3ccc(Br)cc3O2)cn1. The van der Waals surface area contributed by atoms with Gasteiger partial charge in [0, 0.05) is 34.8 Å². The zero-order valence-corrected chi connectivity index (χ0v) is 12.9. The Labute approximate surface area is 126 Å². The van der Waals surface area contributed by atoms with Gasteiger partial charge in [-0.2, -0.15) is 5.10 Å². The Hall–Kier alpha value is -1.33. The van der Waals surface area contributed by atoms with Crippen LogP contribution in [-0.2, 0) is 6.54 Å². The van der Waals surface area contributed by atoms with Crippen molar-refractivity contribution in [2.24, 2.45) is 0 Å². The Morgan fingerprint density at radius 2 is 2.35 bits per heavy atom.